The molecule has 1 saturated heterocycles. The number of amides is 1. The van der Waals surface area contributed by atoms with Crippen LogP contribution >= 0.6 is 0 Å². The number of Topliss-reactive ketones (excluding diaryl/α,β-unsaturated/α-hetero) is 1. The van der Waals surface area contributed by atoms with E-state index in [0.717, 1.165) is 0 Å². The van der Waals surface area contributed by atoms with Crippen LogP contribution in [0, 0.1) is 6.92 Å². The number of aryl methyl sites for hydroxylation is 1. The van der Waals surface area contributed by atoms with E-state index in [0.29, 0.717) is 22.8 Å². The summed E-state index contributed by atoms with van der Waals surface area (Å²) in [5.74, 6) is -0.0891. The van der Waals surface area contributed by atoms with Crippen LogP contribution in [-0.4, -0.2) is 21.7 Å². The van der Waals surface area contributed by atoms with Crippen LogP contribution in [0.4, 0.5) is 0 Å². The highest BCUT2D eigenvalue weighted by Gasteiger charge is 2.47. The number of hydrogen-bond donors (Lipinski definition) is 1. The molecule has 0 bridgehead atoms. The Bertz CT molecular complexity index is 1010. The maximum absolute atomic E-state index is 12.8. The first kappa shape index (κ1) is 16.9. The van der Waals surface area contributed by atoms with Crippen LogP contribution in [-0.2, 0) is 16.1 Å². The second-order valence-corrected chi connectivity index (χ2v) is 6.32. The summed E-state index contributed by atoms with van der Waals surface area (Å²) in [6.45, 7) is 1.87. The van der Waals surface area contributed by atoms with Gasteiger partial charge in [0.2, 0.25) is 0 Å². The zero-order chi connectivity index (χ0) is 19.0. The Hall–Kier alpha value is -3.54. The highest BCUT2D eigenvalue weighted by molar-refractivity contribution is 6.46. The number of nitrogens with zero attached hydrogens (tertiary/aromatic N) is 1. The number of aliphatic hydroxyl groups excluding tert-OH is 1. The van der Waals surface area contributed by atoms with Crippen molar-refractivity contribution in [1.82, 2.24) is 4.90 Å². The first-order valence-corrected chi connectivity index (χ1v) is 8.49. The molecule has 1 atom stereocenters. The molecule has 3 heterocycles. The van der Waals surface area contributed by atoms with E-state index in [9.17, 15) is 14.7 Å². The Labute approximate surface area is 155 Å². The number of likely N-dealkylation sites (tertiary alicyclic amines) is 1. The Morgan fingerprint density at radius 1 is 1.07 bits per heavy atom. The van der Waals surface area contributed by atoms with Crippen LogP contribution < -0.4 is 0 Å². The van der Waals surface area contributed by atoms with E-state index in [-0.39, 0.29) is 17.9 Å². The van der Waals surface area contributed by atoms with E-state index in [1.54, 1.807) is 61.5 Å². The van der Waals surface area contributed by atoms with Crippen molar-refractivity contribution in [2.24, 2.45) is 0 Å². The van der Waals surface area contributed by atoms with Crippen molar-refractivity contribution in [3.63, 3.8) is 0 Å². The molecule has 6 nitrogen and oxygen atoms in total. The van der Waals surface area contributed by atoms with Gasteiger partial charge in [-0.1, -0.05) is 30.3 Å². The third-order valence-corrected chi connectivity index (χ3v) is 4.52. The van der Waals surface area contributed by atoms with Crippen molar-refractivity contribution in [2.75, 3.05) is 0 Å². The monoisotopic (exact) mass is 363 g/mol. The van der Waals surface area contributed by atoms with Crippen molar-refractivity contribution >= 4 is 17.4 Å². The SMILES string of the molecule is Cc1ccc(C2C(=C(O)c3ccccc3)C(=O)C(=O)N2Cc2ccco2)o1. The normalized spacial score (nSPS) is 19.0. The Balaban J connectivity index is 1.86. The summed E-state index contributed by atoms with van der Waals surface area (Å²) < 4.78 is 11.0. The van der Waals surface area contributed by atoms with E-state index < -0.39 is 17.7 Å². The fraction of sp³-hybridized carbons (Fsp3) is 0.143. The maximum atomic E-state index is 12.8. The van der Waals surface area contributed by atoms with Crippen LogP contribution in [0.25, 0.3) is 5.76 Å². The number of carbonyl (C=O) groups is 2. The molecule has 0 saturated carbocycles. The number of carbonyl (C=O) groups excluding carboxylic acids is 2. The number of ketones is 1. The van der Waals surface area contributed by atoms with E-state index in [4.69, 9.17) is 8.83 Å². The van der Waals surface area contributed by atoms with Gasteiger partial charge in [0.25, 0.3) is 11.7 Å². The smallest absolute Gasteiger partial charge is 0.296 e. The molecule has 3 aromatic rings. The van der Waals surface area contributed by atoms with Gasteiger partial charge in [-0.2, -0.15) is 0 Å². The van der Waals surface area contributed by atoms with Crippen LogP contribution in [0.3, 0.4) is 0 Å². The average molecular weight is 363 g/mol. The van der Waals surface area contributed by atoms with Crippen LogP contribution in [0.2, 0.25) is 0 Å². The van der Waals surface area contributed by atoms with Gasteiger partial charge in [-0.15, -0.1) is 0 Å². The molecule has 2 aromatic heterocycles. The lowest BCUT2D eigenvalue weighted by atomic mass is 9.99. The topological polar surface area (TPSA) is 83.9 Å². The number of benzene rings is 1. The summed E-state index contributed by atoms with van der Waals surface area (Å²) in [4.78, 5) is 26.8. The molecule has 1 aliphatic heterocycles. The highest BCUT2D eigenvalue weighted by atomic mass is 16.3. The van der Waals surface area contributed by atoms with Crippen molar-refractivity contribution in [1.29, 1.82) is 0 Å². The molecule has 1 unspecified atom stereocenters. The fourth-order valence-electron chi connectivity index (χ4n) is 3.26. The summed E-state index contributed by atoms with van der Waals surface area (Å²) in [6, 6.07) is 14.7. The van der Waals surface area contributed by atoms with Gasteiger partial charge in [-0.3, -0.25) is 9.59 Å². The molecule has 136 valence electrons. The minimum atomic E-state index is -0.830. The van der Waals surface area contributed by atoms with E-state index in [2.05, 4.69) is 0 Å². The van der Waals surface area contributed by atoms with Gasteiger partial charge in [0.15, 0.2) is 0 Å². The van der Waals surface area contributed by atoms with Crippen molar-refractivity contribution in [3.8, 4) is 0 Å². The summed E-state index contributed by atoms with van der Waals surface area (Å²) in [7, 11) is 0. The predicted octanol–water partition coefficient (Wildman–Crippen LogP) is 3.80. The van der Waals surface area contributed by atoms with E-state index in [1.807, 2.05) is 0 Å². The first-order valence-electron chi connectivity index (χ1n) is 8.49. The number of rotatable bonds is 4. The predicted molar refractivity (Wildman–Crippen MR) is 96.4 cm³/mol. The average Bonchev–Trinajstić information content (AvgIpc) is 3.39. The minimum Gasteiger partial charge on any atom is -0.507 e. The minimum absolute atomic E-state index is 0.00658. The Kier molecular flexibility index (Phi) is 4.16. The lowest BCUT2D eigenvalue weighted by Gasteiger charge is -2.22. The molecule has 4 rings (SSSR count). The number of hydrogen-bond acceptors (Lipinski definition) is 5. The Morgan fingerprint density at radius 2 is 1.85 bits per heavy atom. The molecule has 0 spiro atoms. The van der Waals surface area contributed by atoms with Gasteiger partial charge in [-0.05, 0) is 31.2 Å². The summed E-state index contributed by atoms with van der Waals surface area (Å²) in [5, 5.41) is 10.8. The zero-order valence-electron chi connectivity index (χ0n) is 14.6. The second-order valence-electron chi connectivity index (χ2n) is 6.32. The zero-order valence-corrected chi connectivity index (χ0v) is 14.6. The number of aliphatic hydroxyl groups is 1. The van der Waals surface area contributed by atoms with Gasteiger partial charge >= 0.3 is 0 Å². The second kappa shape index (κ2) is 6.64. The van der Waals surface area contributed by atoms with E-state index >= 15 is 0 Å². The molecular formula is C21H17NO5. The quantitative estimate of drug-likeness (QED) is 0.433. The van der Waals surface area contributed by atoms with Gasteiger partial charge < -0.3 is 18.8 Å². The van der Waals surface area contributed by atoms with Gasteiger partial charge in [0.1, 0.15) is 29.1 Å². The van der Waals surface area contributed by atoms with Crippen LogP contribution in [0.15, 0.2) is 75.3 Å². The molecule has 0 radical (unpaired) electrons. The molecule has 1 aromatic carbocycles. The first-order chi connectivity index (χ1) is 13.1. The fourth-order valence-corrected chi connectivity index (χ4v) is 3.26. The molecule has 0 aliphatic carbocycles. The molecule has 27 heavy (non-hydrogen) atoms. The van der Waals surface area contributed by atoms with Crippen molar-refractivity contribution in [3.05, 3.63) is 89.3 Å². The van der Waals surface area contributed by atoms with Gasteiger partial charge in [0, 0.05) is 5.56 Å². The third kappa shape index (κ3) is 2.95. The molecule has 1 fully saturated rings. The lowest BCUT2D eigenvalue weighted by molar-refractivity contribution is -0.140. The van der Waals surface area contributed by atoms with E-state index in [1.165, 1.54) is 11.2 Å². The molecule has 1 N–H and O–H groups in total. The summed E-state index contributed by atoms with van der Waals surface area (Å²) >= 11 is 0. The molecule has 6 heteroatoms. The summed E-state index contributed by atoms with van der Waals surface area (Å²) in [5.41, 5.74) is 0.467. The highest BCUT2D eigenvalue weighted by Crippen LogP contribution is 2.40. The Morgan fingerprint density at radius 3 is 2.48 bits per heavy atom. The van der Waals surface area contributed by atoms with Crippen LogP contribution in [0.5, 0.6) is 0 Å². The number of furan rings is 2. The standard InChI is InChI=1S/C21H17NO5/c1-13-9-10-16(27-13)18-17(19(23)14-6-3-2-4-7-14)20(24)21(25)22(18)12-15-8-5-11-26-15/h2-11,18,23H,12H2,1H3. The third-order valence-electron chi connectivity index (χ3n) is 4.52. The van der Waals surface area contributed by atoms with Gasteiger partial charge in [-0.25, -0.2) is 0 Å². The van der Waals surface area contributed by atoms with Crippen molar-refractivity contribution < 1.29 is 23.5 Å². The largest absolute Gasteiger partial charge is 0.507 e. The molecule has 1 amide bonds. The van der Waals surface area contributed by atoms with Gasteiger partial charge in [0.05, 0.1) is 18.4 Å². The van der Waals surface area contributed by atoms with Crippen LogP contribution in [0.1, 0.15) is 28.9 Å². The van der Waals surface area contributed by atoms with Crippen molar-refractivity contribution in [2.45, 2.75) is 19.5 Å². The molecule has 1 aliphatic rings. The maximum Gasteiger partial charge on any atom is 0.296 e. The summed E-state index contributed by atoms with van der Waals surface area (Å²) in [6.07, 6.45) is 1.50. The molecular weight excluding hydrogens is 346 g/mol. The lowest BCUT2D eigenvalue weighted by Crippen LogP contribution is -2.28.